The molecule has 1 aliphatic rings. The van der Waals surface area contributed by atoms with Gasteiger partial charge in [0.15, 0.2) is 5.76 Å². The van der Waals surface area contributed by atoms with Gasteiger partial charge >= 0.3 is 0 Å². The third-order valence-electron chi connectivity index (χ3n) is 3.36. The van der Waals surface area contributed by atoms with Gasteiger partial charge in [0.1, 0.15) is 5.76 Å². The summed E-state index contributed by atoms with van der Waals surface area (Å²) in [6.07, 6.45) is 2.25. The second-order valence-corrected chi connectivity index (χ2v) is 4.55. The monoisotopic (exact) mass is 252 g/mol. The molecule has 0 aromatic carbocycles. The van der Waals surface area contributed by atoms with Gasteiger partial charge in [-0.15, -0.1) is 0 Å². The minimum atomic E-state index is -0.184. The Morgan fingerprint density at radius 3 is 3.06 bits per heavy atom. The molecular weight excluding hydrogens is 232 g/mol. The van der Waals surface area contributed by atoms with E-state index in [1.807, 2.05) is 0 Å². The Balaban J connectivity index is 1.84. The SMILES string of the molecule is CCC1OCCC1CNC(=O)c1ccc(CN)o1. The lowest BCUT2D eigenvalue weighted by Crippen LogP contribution is -2.32. The Kier molecular flexibility index (Phi) is 4.38. The van der Waals surface area contributed by atoms with Crippen LogP contribution in [0, 0.1) is 5.92 Å². The normalized spacial score (nSPS) is 23.2. The summed E-state index contributed by atoms with van der Waals surface area (Å²) >= 11 is 0. The van der Waals surface area contributed by atoms with Gasteiger partial charge < -0.3 is 20.2 Å². The molecule has 0 spiro atoms. The van der Waals surface area contributed by atoms with Gasteiger partial charge in [-0.25, -0.2) is 0 Å². The van der Waals surface area contributed by atoms with Gasteiger partial charge in [-0.05, 0) is 25.0 Å². The molecule has 2 unspecified atom stereocenters. The molecule has 2 atom stereocenters. The van der Waals surface area contributed by atoms with E-state index in [2.05, 4.69) is 12.2 Å². The first-order valence-electron chi connectivity index (χ1n) is 6.43. The standard InChI is InChI=1S/C13H20N2O3/c1-2-11-9(5-6-17-11)8-15-13(16)12-4-3-10(7-14)18-12/h3-4,9,11H,2,5-8,14H2,1H3,(H,15,16). The summed E-state index contributed by atoms with van der Waals surface area (Å²) in [6, 6.07) is 3.38. The van der Waals surface area contributed by atoms with Gasteiger partial charge in [0.25, 0.3) is 5.91 Å². The van der Waals surface area contributed by atoms with Crippen LogP contribution in [0.15, 0.2) is 16.5 Å². The van der Waals surface area contributed by atoms with Crippen LogP contribution in [0.5, 0.6) is 0 Å². The molecule has 0 aliphatic carbocycles. The highest BCUT2D eigenvalue weighted by atomic mass is 16.5. The van der Waals surface area contributed by atoms with Crippen molar-refractivity contribution in [3.63, 3.8) is 0 Å². The molecule has 1 saturated heterocycles. The average molecular weight is 252 g/mol. The van der Waals surface area contributed by atoms with Gasteiger partial charge in [0.05, 0.1) is 12.6 Å². The van der Waals surface area contributed by atoms with Crippen molar-refractivity contribution in [1.29, 1.82) is 0 Å². The molecule has 3 N–H and O–H groups in total. The van der Waals surface area contributed by atoms with E-state index in [1.54, 1.807) is 12.1 Å². The number of rotatable bonds is 5. The molecule has 5 nitrogen and oxygen atoms in total. The highest BCUT2D eigenvalue weighted by Crippen LogP contribution is 2.22. The van der Waals surface area contributed by atoms with E-state index in [0.29, 0.717) is 30.5 Å². The number of carbonyl (C=O) groups excluding carboxylic acids is 1. The Labute approximate surface area is 107 Å². The van der Waals surface area contributed by atoms with Crippen LogP contribution in [-0.4, -0.2) is 25.2 Å². The number of carbonyl (C=O) groups is 1. The van der Waals surface area contributed by atoms with E-state index >= 15 is 0 Å². The molecule has 1 amide bonds. The number of furan rings is 1. The second kappa shape index (κ2) is 6.02. The Morgan fingerprint density at radius 1 is 1.56 bits per heavy atom. The molecule has 18 heavy (non-hydrogen) atoms. The van der Waals surface area contributed by atoms with Crippen LogP contribution in [-0.2, 0) is 11.3 Å². The molecule has 2 rings (SSSR count). The molecule has 0 radical (unpaired) electrons. The van der Waals surface area contributed by atoms with E-state index in [4.69, 9.17) is 14.9 Å². The smallest absolute Gasteiger partial charge is 0.287 e. The topological polar surface area (TPSA) is 77.5 Å². The van der Waals surface area contributed by atoms with Gasteiger partial charge in [-0.2, -0.15) is 0 Å². The van der Waals surface area contributed by atoms with Gasteiger partial charge in [0, 0.05) is 19.1 Å². The first-order chi connectivity index (χ1) is 8.74. The molecule has 2 heterocycles. The Bertz CT molecular complexity index is 403. The number of nitrogens with two attached hydrogens (primary N) is 1. The summed E-state index contributed by atoms with van der Waals surface area (Å²) < 4.78 is 10.9. The Morgan fingerprint density at radius 2 is 2.39 bits per heavy atom. The van der Waals surface area contributed by atoms with Crippen LogP contribution in [0.2, 0.25) is 0 Å². The van der Waals surface area contributed by atoms with Crippen LogP contribution in [0.4, 0.5) is 0 Å². The first-order valence-corrected chi connectivity index (χ1v) is 6.43. The van der Waals surface area contributed by atoms with Crippen LogP contribution >= 0.6 is 0 Å². The van der Waals surface area contributed by atoms with Crippen molar-refractivity contribution >= 4 is 5.91 Å². The molecule has 1 aromatic heterocycles. The number of ether oxygens (including phenoxy) is 1. The first kappa shape index (κ1) is 13.1. The fourth-order valence-electron chi connectivity index (χ4n) is 2.30. The number of amides is 1. The van der Waals surface area contributed by atoms with Crippen molar-refractivity contribution in [2.24, 2.45) is 11.7 Å². The predicted molar refractivity (Wildman–Crippen MR) is 67.1 cm³/mol. The summed E-state index contributed by atoms with van der Waals surface area (Å²) in [5.41, 5.74) is 5.43. The number of hydrogen-bond acceptors (Lipinski definition) is 4. The van der Waals surface area contributed by atoms with Crippen LogP contribution in [0.3, 0.4) is 0 Å². The lowest BCUT2D eigenvalue weighted by Gasteiger charge is -2.16. The van der Waals surface area contributed by atoms with Crippen LogP contribution in [0.1, 0.15) is 36.1 Å². The molecule has 5 heteroatoms. The zero-order valence-electron chi connectivity index (χ0n) is 10.6. The lowest BCUT2D eigenvalue weighted by atomic mass is 10.00. The van der Waals surface area contributed by atoms with Crippen molar-refractivity contribution in [1.82, 2.24) is 5.32 Å². The van der Waals surface area contributed by atoms with Gasteiger partial charge in [0.2, 0.25) is 0 Å². The van der Waals surface area contributed by atoms with E-state index < -0.39 is 0 Å². The van der Waals surface area contributed by atoms with E-state index in [9.17, 15) is 4.79 Å². The van der Waals surface area contributed by atoms with Crippen molar-refractivity contribution in [2.45, 2.75) is 32.4 Å². The Hall–Kier alpha value is -1.33. The van der Waals surface area contributed by atoms with Crippen LogP contribution < -0.4 is 11.1 Å². The van der Waals surface area contributed by atoms with Crippen molar-refractivity contribution in [2.75, 3.05) is 13.2 Å². The maximum Gasteiger partial charge on any atom is 0.287 e. The number of hydrogen-bond donors (Lipinski definition) is 2. The van der Waals surface area contributed by atoms with Gasteiger partial charge in [-0.3, -0.25) is 4.79 Å². The maximum absolute atomic E-state index is 11.8. The minimum Gasteiger partial charge on any atom is -0.455 e. The summed E-state index contributed by atoms with van der Waals surface area (Å²) in [7, 11) is 0. The van der Waals surface area contributed by atoms with Crippen LogP contribution in [0.25, 0.3) is 0 Å². The zero-order valence-corrected chi connectivity index (χ0v) is 10.6. The minimum absolute atomic E-state index is 0.184. The highest BCUT2D eigenvalue weighted by Gasteiger charge is 2.27. The fraction of sp³-hybridized carbons (Fsp3) is 0.615. The van der Waals surface area contributed by atoms with Gasteiger partial charge in [-0.1, -0.05) is 6.92 Å². The second-order valence-electron chi connectivity index (χ2n) is 4.55. The quantitative estimate of drug-likeness (QED) is 0.827. The van der Waals surface area contributed by atoms with Crippen molar-refractivity contribution < 1.29 is 13.9 Å². The molecule has 0 saturated carbocycles. The highest BCUT2D eigenvalue weighted by molar-refractivity contribution is 5.91. The number of nitrogens with one attached hydrogen (secondary N) is 1. The fourth-order valence-corrected chi connectivity index (χ4v) is 2.30. The summed E-state index contributed by atoms with van der Waals surface area (Å²) in [5, 5.41) is 2.89. The van der Waals surface area contributed by atoms with E-state index in [-0.39, 0.29) is 12.0 Å². The largest absolute Gasteiger partial charge is 0.455 e. The van der Waals surface area contributed by atoms with Crippen molar-refractivity contribution in [3.8, 4) is 0 Å². The molecular formula is C13H20N2O3. The lowest BCUT2D eigenvalue weighted by molar-refractivity contribution is 0.0815. The zero-order chi connectivity index (χ0) is 13.0. The average Bonchev–Trinajstić information content (AvgIpc) is 3.04. The van der Waals surface area contributed by atoms with Crippen molar-refractivity contribution in [3.05, 3.63) is 23.7 Å². The molecule has 1 fully saturated rings. The summed E-state index contributed by atoms with van der Waals surface area (Å²) in [5.74, 6) is 1.16. The molecule has 1 aromatic rings. The summed E-state index contributed by atoms with van der Waals surface area (Å²) in [4.78, 5) is 11.8. The third kappa shape index (κ3) is 2.91. The van der Waals surface area contributed by atoms with E-state index in [1.165, 1.54) is 0 Å². The molecule has 100 valence electrons. The molecule has 1 aliphatic heterocycles. The molecule has 0 bridgehead atoms. The summed E-state index contributed by atoms with van der Waals surface area (Å²) in [6.45, 7) is 3.83. The van der Waals surface area contributed by atoms with E-state index in [0.717, 1.165) is 19.4 Å². The third-order valence-corrected chi connectivity index (χ3v) is 3.36. The predicted octanol–water partition coefficient (Wildman–Crippen LogP) is 1.28. The maximum atomic E-state index is 11.8.